The second kappa shape index (κ2) is 5.81. The van der Waals surface area contributed by atoms with E-state index in [2.05, 4.69) is 10.2 Å². The van der Waals surface area contributed by atoms with E-state index >= 15 is 0 Å². The van der Waals surface area contributed by atoms with E-state index in [1.165, 1.54) is 21.1 Å². The number of hydrogen-bond donors (Lipinski definition) is 0. The highest BCUT2D eigenvalue weighted by molar-refractivity contribution is 7.67. The minimum Gasteiger partial charge on any atom is -0.463 e. The molecule has 2 aromatic heterocycles. The molecule has 0 unspecified atom stereocenters. The summed E-state index contributed by atoms with van der Waals surface area (Å²) >= 11 is 0. The lowest BCUT2D eigenvalue weighted by Gasteiger charge is -1.98. The van der Waals surface area contributed by atoms with Gasteiger partial charge in [0, 0.05) is 0 Å². The number of nitrogens with zero attached hydrogens (tertiary/aromatic N) is 3. The van der Waals surface area contributed by atoms with Crippen LogP contribution >= 0.6 is 20.7 Å². The zero-order valence-corrected chi connectivity index (χ0v) is 11.8. The third kappa shape index (κ3) is 2.68. The molecule has 1 aromatic carbocycles. The van der Waals surface area contributed by atoms with E-state index in [-0.39, 0.29) is 4.87 Å². The SMILES string of the molecule is O=c1ss/c(=N\N=C\c2ccco2)n1-c1ccccc1. The summed E-state index contributed by atoms with van der Waals surface area (Å²) in [5, 5.41) is 8.03. The van der Waals surface area contributed by atoms with Gasteiger partial charge < -0.3 is 4.42 Å². The van der Waals surface area contributed by atoms with Gasteiger partial charge in [0.2, 0.25) is 4.80 Å². The molecule has 3 rings (SSSR count). The summed E-state index contributed by atoms with van der Waals surface area (Å²) in [6.07, 6.45) is 3.07. The molecule has 0 saturated carbocycles. The van der Waals surface area contributed by atoms with Gasteiger partial charge in [-0.3, -0.25) is 4.79 Å². The van der Waals surface area contributed by atoms with Crippen LogP contribution in [0.4, 0.5) is 0 Å². The van der Waals surface area contributed by atoms with Crippen LogP contribution in [-0.4, -0.2) is 10.8 Å². The highest BCUT2D eigenvalue weighted by atomic mass is 32.9. The van der Waals surface area contributed by atoms with Crippen molar-refractivity contribution in [1.29, 1.82) is 0 Å². The Morgan fingerprint density at radius 3 is 2.70 bits per heavy atom. The maximum atomic E-state index is 11.9. The molecule has 0 spiro atoms. The Bertz CT molecular complexity index is 826. The second-order valence-corrected chi connectivity index (χ2v) is 5.79. The molecule has 0 amide bonds. The minimum atomic E-state index is -0.0758. The fourth-order valence-electron chi connectivity index (χ4n) is 1.58. The molecular weight excluding hydrogens is 294 g/mol. The molecule has 7 heteroatoms. The number of benzene rings is 1. The normalized spacial score (nSPS) is 12.3. The van der Waals surface area contributed by atoms with Crippen LogP contribution in [0.2, 0.25) is 0 Å². The number of aromatic nitrogens is 1. The Morgan fingerprint density at radius 2 is 1.95 bits per heavy atom. The molecule has 0 atom stereocenters. The standard InChI is InChI=1S/C13H9N3O2S2/c17-13-16(10-5-2-1-3-6-10)12(19-20-13)15-14-9-11-7-4-8-18-11/h1-9H/b14-9+,15-12-. The quantitative estimate of drug-likeness (QED) is 0.424. The molecule has 0 aliphatic heterocycles. The lowest BCUT2D eigenvalue weighted by atomic mass is 10.3. The first-order valence-corrected chi connectivity index (χ1v) is 7.88. The molecule has 20 heavy (non-hydrogen) atoms. The monoisotopic (exact) mass is 303 g/mol. The van der Waals surface area contributed by atoms with Gasteiger partial charge in [-0.1, -0.05) is 18.2 Å². The molecule has 0 N–H and O–H groups in total. The van der Waals surface area contributed by atoms with Crippen molar-refractivity contribution in [3.05, 3.63) is 69.0 Å². The summed E-state index contributed by atoms with van der Waals surface area (Å²) in [7, 11) is 2.42. The number of rotatable bonds is 3. The first kappa shape index (κ1) is 12.8. The van der Waals surface area contributed by atoms with Crippen molar-refractivity contribution in [2.75, 3.05) is 0 Å². The first-order valence-electron chi connectivity index (χ1n) is 5.73. The first-order chi connectivity index (χ1) is 9.84. The molecule has 0 aliphatic rings. The number of hydrogen-bond acceptors (Lipinski definition) is 6. The average molecular weight is 303 g/mol. The van der Waals surface area contributed by atoms with Crippen LogP contribution in [-0.2, 0) is 0 Å². The van der Waals surface area contributed by atoms with Crippen molar-refractivity contribution in [3.63, 3.8) is 0 Å². The van der Waals surface area contributed by atoms with Crippen molar-refractivity contribution in [2.24, 2.45) is 10.2 Å². The lowest BCUT2D eigenvalue weighted by Crippen LogP contribution is -2.22. The molecule has 100 valence electrons. The minimum absolute atomic E-state index is 0.0758. The lowest BCUT2D eigenvalue weighted by molar-refractivity contribution is 0.560. The number of furan rings is 1. The van der Waals surface area contributed by atoms with Crippen LogP contribution in [0.5, 0.6) is 0 Å². The highest BCUT2D eigenvalue weighted by Gasteiger charge is 2.04. The van der Waals surface area contributed by atoms with Crippen LogP contribution < -0.4 is 9.67 Å². The predicted octanol–water partition coefficient (Wildman–Crippen LogP) is 2.49. The predicted molar refractivity (Wildman–Crippen MR) is 79.7 cm³/mol. The Labute approximate surface area is 121 Å². The van der Waals surface area contributed by atoms with Crippen molar-refractivity contribution in [2.45, 2.75) is 0 Å². The summed E-state index contributed by atoms with van der Waals surface area (Å²) in [5.74, 6) is 0.614. The van der Waals surface area contributed by atoms with Crippen LogP contribution in [0.25, 0.3) is 5.69 Å². The van der Waals surface area contributed by atoms with Crippen molar-refractivity contribution < 1.29 is 4.42 Å². The van der Waals surface area contributed by atoms with Gasteiger partial charge in [-0.2, -0.15) is 5.10 Å². The Morgan fingerprint density at radius 1 is 1.10 bits per heavy atom. The molecule has 3 aromatic rings. The van der Waals surface area contributed by atoms with E-state index in [4.69, 9.17) is 4.42 Å². The van der Waals surface area contributed by atoms with Crippen molar-refractivity contribution in [1.82, 2.24) is 4.57 Å². The zero-order valence-electron chi connectivity index (χ0n) is 10.2. The van der Waals surface area contributed by atoms with Gasteiger partial charge in [-0.15, -0.1) is 5.10 Å². The van der Waals surface area contributed by atoms with E-state index in [1.807, 2.05) is 30.3 Å². The third-order valence-corrected chi connectivity index (χ3v) is 4.39. The Balaban J connectivity index is 2.01. The van der Waals surface area contributed by atoms with Gasteiger partial charge in [0.25, 0.3) is 0 Å². The molecule has 0 fully saturated rings. The summed E-state index contributed by atoms with van der Waals surface area (Å²) in [4.78, 5) is 12.4. The summed E-state index contributed by atoms with van der Waals surface area (Å²) in [6, 6.07) is 12.9. The van der Waals surface area contributed by atoms with E-state index in [9.17, 15) is 4.79 Å². The summed E-state index contributed by atoms with van der Waals surface area (Å²) < 4.78 is 6.66. The third-order valence-electron chi connectivity index (χ3n) is 2.45. The maximum Gasteiger partial charge on any atom is 0.323 e. The second-order valence-electron chi connectivity index (χ2n) is 3.75. The topological polar surface area (TPSA) is 59.9 Å². The van der Waals surface area contributed by atoms with E-state index in [1.54, 1.807) is 18.4 Å². The number of para-hydroxylation sites is 1. The molecule has 0 aliphatic carbocycles. The fraction of sp³-hybridized carbons (Fsp3) is 0. The van der Waals surface area contributed by atoms with Gasteiger partial charge >= 0.3 is 4.87 Å². The summed E-state index contributed by atoms with van der Waals surface area (Å²) in [5.41, 5.74) is 0.780. The summed E-state index contributed by atoms with van der Waals surface area (Å²) in [6.45, 7) is 0. The molecule has 0 bridgehead atoms. The van der Waals surface area contributed by atoms with E-state index in [0.29, 0.717) is 10.6 Å². The Hall–Kier alpha value is -2.25. The van der Waals surface area contributed by atoms with Gasteiger partial charge in [-0.25, -0.2) is 4.57 Å². The zero-order chi connectivity index (χ0) is 13.8. The van der Waals surface area contributed by atoms with Crippen LogP contribution in [0.15, 0.2) is 68.1 Å². The van der Waals surface area contributed by atoms with Gasteiger partial charge in [-0.05, 0) is 44.9 Å². The van der Waals surface area contributed by atoms with E-state index < -0.39 is 0 Å². The molecular formula is C13H9N3O2S2. The van der Waals surface area contributed by atoms with Crippen LogP contribution in [0.1, 0.15) is 5.76 Å². The molecule has 0 saturated heterocycles. The van der Waals surface area contributed by atoms with Crippen molar-refractivity contribution >= 4 is 26.9 Å². The smallest absolute Gasteiger partial charge is 0.323 e. The molecule has 0 radical (unpaired) electrons. The van der Waals surface area contributed by atoms with Crippen LogP contribution in [0.3, 0.4) is 0 Å². The van der Waals surface area contributed by atoms with Crippen molar-refractivity contribution in [3.8, 4) is 5.69 Å². The van der Waals surface area contributed by atoms with Gasteiger partial charge in [0.05, 0.1) is 18.2 Å². The average Bonchev–Trinajstić information content (AvgIpc) is 3.10. The fourth-order valence-corrected chi connectivity index (χ4v) is 3.38. The van der Waals surface area contributed by atoms with Gasteiger partial charge in [0.1, 0.15) is 5.76 Å². The van der Waals surface area contributed by atoms with Gasteiger partial charge in [0.15, 0.2) is 0 Å². The van der Waals surface area contributed by atoms with E-state index in [0.717, 1.165) is 16.0 Å². The molecule has 2 heterocycles. The largest absolute Gasteiger partial charge is 0.463 e. The van der Waals surface area contributed by atoms with Crippen LogP contribution in [0, 0.1) is 0 Å². The molecule has 5 nitrogen and oxygen atoms in total. The highest BCUT2D eigenvalue weighted by Crippen LogP contribution is 2.04. The Kier molecular flexibility index (Phi) is 3.71. The maximum absolute atomic E-state index is 11.9.